The lowest BCUT2D eigenvalue weighted by Crippen LogP contribution is -2.34. The third-order valence-electron chi connectivity index (χ3n) is 2.73. The van der Waals surface area contributed by atoms with Gasteiger partial charge in [-0.3, -0.25) is 0 Å². The SMILES string of the molecule is CC(C)O/N=C(/c1cc(Br)ccc1O)c1c(O)ccc[n+]1[O-]. The van der Waals surface area contributed by atoms with Gasteiger partial charge in [-0.25, -0.2) is 0 Å². The van der Waals surface area contributed by atoms with Crippen LogP contribution < -0.4 is 4.73 Å². The van der Waals surface area contributed by atoms with Crippen molar-refractivity contribution in [2.75, 3.05) is 0 Å². The molecule has 0 bridgehead atoms. The van der Waals surface area contributed by atoms with Crippen LogP contribution in [0.4, 0.5) is 0 Å². The Morgan fingerprint density at radius 1 is 1.27 bits per heavy atom. The van der Waals surface area contributed by atoms with Crippen molar-refractivity contribution in [1.82, 2.24) is 0 Å². The Balaban J connectivity index is 2.67. The Bertz CT molecular complexity index is 696. The first-order valence-corrected chi connectivity index (χ1v) is 7.33. The van der Waals surface area contributed by atoms with Crippen molar-refractivity contribution in [3.8, 4) is 11.5 Å². The Labute approximate surface area is 136 Å². The van der Waals surface area contributed by atoms with Gasteiger partial charge in [-0.15, -0.1) is 0 Å². The highest BCUT2D eigenvalue weighted by atomic mass is 79.9. The molecule has 0 unspecified atom stereocenters. The molecule has 116 valence electrons. The summed E-state index contributed by atoms with van der Waals surface area (Å²) in [6.07, 6.45) is 1.00. The maximum Gasteiger partial charge on any atom is 0.288 e. The molecule has 1 aromatic heterocycles. The van der Waals surface area contributed by atoms with Crippen LogP contribution in [0.5, 0.6) is 11.5 Å². The van der Waals surface area contributed by atoms with Gasteiger partial charge in [0.15, 0.2) is 17.7 Å². The molecule has 0 aliphatic heterocycles. The molecule has 7 heteroatoms. The summed E-state index contributed by atoms with van der Waals surface area (Å²) in [5.74, 6) is -0.347. The molecule has 0 spiro atoms. The fraction of sp³-hybridized carbons (Fsp3) is 0.200. The predicted molar refractivity (Wildman–Crippen MR) is 84.7 cm³/mol. The molecule has 0 radical (unpaired) electrons. The van der Waals surface area contributed by atoms with Gasteiger partial charge in [0.1, 0.15) is 11.9 Å². The summed E-state index contributed by atoms with van der Waals surface area (Å²) in [5, 5.41) is 36.0. The number of aromatic hydroxyl groups is 2. The second-order valence-electron chi connectivity index (χ2n) is 4.82. The van der Waals surface area contributed by atoms with E-state index in [0.717, 1.165) is 0 Å². The highest BCUT2D eigenvalue weighted by molar-refractivity contribution is 9.10. The minimum atomic E-state index is -0.261. The molecular formula is C15H15BrN2O4. The zero-order chi connectivity index (χ0) is 16.3. The molecule has 0 aliphatic carbocycles. The molecule has 0 saturated carbocycles. The standard InChI is InChI=1S/C15H15BrN2O4/c1-9(2)22-17-14(11-8-10(16)5-6-12(11)19)15-13(20)4-3-7-18(15)21/h3-9,19-20H,1-2H3/b17-14-. The van der Waals surface area contributed by atoms with E-state index in [9.17, 15) is 15.4 Å². The van der Waals surface area contributed by atoms with E-state index >= 15 is 0 Å². The first-order valence-electron chi connectivity index (χ1n) is 6.54. The topological polar surface area (TPSA) is 89.0 Å². The largest absolute Gasteiger partial charge is 0.618 e. The molecular weight excluding hydrogens is 352 g/mol. The van der Waals surface area contributed by atoms with Gasteiger partial charge in [0.05, 0.1) is 5.56 Å². The lowest BCUT2D eigenvalue weighted by atomic mass is 10.1. The number of hydrogen-bond acceptors (Lipinski definition) is 5. The summed E-state index contributed by atoms with van der Waals surface area (Å²) in [6, 6.07) is 7.47. The molecule has 0 fully saturated rings. The summed E-state index contributed by atoms with van der Waals surface area (Å²) in [6.45, 7) is 3.55. The third-order valence-corrected chi connectivity index (χ3v) is 3.22. The van der Waals surface area contributed by atoms with Gasteiger partial charge in [0, 0.05) is 10.5 Å². The van der Waals surface area contributed by atoms with Crippen molar-refractivity contribution in [1.29, 1.82) is 0 Å². The van der Waals surface area contributed by atoms with Crippen LogP contribution in [0.3, 0.4) is 0 Å². The van der Waals surface area contributed by atoms with Crippen molar-refractivity contribution >= 4 is 21.6 Å². The van der Waals surface area contributed by atoms with Crippen molar-refractivity contribution < 1.29 is 19.8 Å². The Kier molecular flexibility index (Phi) is 4.87. The molecule has 0 aliphatic rings. The van der Waals surface area contributed by atoms with Gasteiger partial charge in [0.2, 0.25) is 0 Å². The van der Waals surface area contributed by atoms with Gasteiger partial charge in [-0.2, -0.15) is 4.73 Å². The van der Waals surface area contributed by atoms with Crippen molar-refractivity contribution in [2.24, 2.45) is 5.16 Å². The van der Waals surface area contributed by atoms with Crippen LogP contribution in [0.1, 0.15) is 25.1 Å². The second kappa shape index (κ2) is 6.65. The second-order valence-corrected chi connectivity index (χ2v) is 5.74. The average Bonchev–Trinajstić information content (AvgIpc) is 2.44. The number of phenols is 1. The Morgan fingerprint density at radius 2 is 2.00 bits per heavy atom. The Hall–Kier alpha value is -2.28. The highest BCUT2D eigenvalue weighted by Gasteiger charge is 2.25. The third kappa shape index (κ3) is 3.48. The number of aromatic nitrogens is 1. The number of pyridine rings is 1. The number of oxime groups is 1. The highest BCUT2D eigenvalue weighted by Crippen LogP contribution is 2.27. The molecule has 2 N–H and O–H groups in total. The number of halogens is 1. The van der Waals surface area contributed by atoms with Gasteiger partial charge >= 0.3 is 0 Å². The molecule has 0 saturated heterocycles. The summed E-state index contributed by atoms with van der Waals surface area (Å²) in [5.41, 5.74) is 0.207. The molecule has 6 nitrogen and oxygen atoms in total. The fourth-order valence-electron chi connectivity index (χ4n) is 1.78. The number of benzene rings is 1. The summed E-state index contributed by atoms with van der Waals surface area (Å²) in [7, 11) is 0. The van der Waals surface area contributed by atoms with Gasteiger partial charge in [-0.05, 0) is 38.1 Å². The number of hydrogen-bond donors (Lipinski definition) is 2. The van der Waals surface area contributed by atoms with E-state index < -0.39 is 0 Å². The van der Waals surface area contributed by atoms with E-state index in [-0.39, 0.29) is 34.6 Å². The molecule has 2 aromatic rings. The normalized spacial score (nSPS) is 11.7. The number of nitrogens with zero attached hydrogens (tertiary/aromatic N) is 2. The van der Waals surface area contributed by atoms with Gasteiger partial charge in [0.25, 0.3) is 5.69 Å². The van der Waals surface area contributed by atoms with Crippen molar-refractivity contribution in [3.05, 3.63) is 57.5 Å². The van der Waals surface area contributed by atoms with Gasteiger partial charge < -0.3 is 20.3 Å². The summed E-state index contributed by atoms with van der Waals surface area (Å²) in [4.78, 5) is 5.22. The zero-order valence-corrected chi connectivity index (χ0v) is 13.6. The zero-order valence-electron chi connectivity index (χ0n) is 12.0. The predicted octanol–water partition coefficient (Wildman–Crippen LogP) is 2.67. The quantitative estimate of drug-likeness (QED) is 0.376. The summed E-state index contributed by atoms with van der Waals surface area (Å²) >= 11 is 3.30. The minimum absolute atomic E-state index is 0.0422. The van der Waals surface area contributed by atoms with E-state index in [0.29, 0.717) is 9.20 Å². The fourth-order valence-corrected chi connectivity index (χ4v) is 2.14. The van der Waals surface area contributed by atoms with Crippen LogP contribution in [0, 0.1) is 5.21 Å². The minimum Gasteiger partial charge on any atom is -0.618 e. The maximum absolute atomic E-state index is 12.0. The Morgan fingerprint density at radius 3 is 2.64 bits per heavy atom. The molecule has 0 atom stereocenters. The van der Waals surface area contributed by atoms with E-state index in [1.165, 1.54) is 24.4 Å². The van der Waals surface area contributed by atoms with Gasteiger partial charge in [-0.1, -0.05) is 21.1 Å². The van der Waals surface area contributed by atoms with E-state index in [1.54, 1.807) is 26.0 Å². The number of rotatable bonds is 4. The van der Waals surface area contributed by atoms with E-state index in [1.807, 2.05) is 0 Å². The smallest absolute Gasteiger partial charge is 0.288 e. The van der Waals surface area contributed by atoms with Crippen LogP contribution in [0.15, 0.2) is 46.2 Å². The van der Waals surface area contributed by atoms with Crippen molar-refractivity contribution in [3.63, 3.8) is 0 Å². The molecule has 1 aromatic carbocycles. The lowest BCUT2D eigenvalue weighted by molar-refractivity contribution is -0.607. The van der Waals surface area contributed by atoms with E-state index in [2.05, 4.69) is 21.1 Å². The average molecular weight is 367 g/mol. The first-order chi connectivity index (χ1) is 10.4. The maximum atomic E-state index is 12.0. The van der Waals surface area contributed by atoms with Crippen LogP contribution in [-0.4, -0.2) is 22.0 Å². The van der Waals surface area contributed by atoms with Crippen LogP contribution in [-0.2, 0) is 4.84 Å². The lowest BCUT2D eigenvalue weighted by Gasteiger charge is -2.11. The van der Waals surface area contributed by atoms with Crippen LogP contribution in [0.2, 0.25) is 0 Å². The molecule has 0 amide bonds. The van der Waals surface area contributed by atoms with E-state index in [4.69, 9.17) is 4.84 Å². The number of phenolic OH excluding ortho intramolecular Hbond substituents is 1. The first kappa shape index (κ1) is 16.1. The van der Waals surface area contributed by atoms with Crippen LogP contribution >= 0.6 is 15.9 Å². The van der Waals surface area contributed by atoms with Crippen molar-refractivity contribution in [2.45, 2.75) is 20.0 Å². The molecule has 1 heterocycles. The monoisotopic (exact) mass is 366 g/mol. The molecule has 2 rings (SSSR count). The van der Waals surface area contributed by atoms with Crippen LogP contribution in [0.25, 0.3) is 0 Å². The molecule has 22 heavy (non-hydrogen) atoms. The summed E-state index contributed by atoms with van der Waals surface area (Å²) < 4.78 is 1.16.